The number of hydrogen-bond acceptors (Lipinski definition) is 5. The summed E-state index contributed by atoms with van der Waals surface area (Å²) in [5, 5.41) is 8.70. The van der Waals surface area contributed by atoms with Gasteiger partial charge >= 0.3 is 5.97 Å². The lowest BCUT2D eigenvalue weighted by Crippen LogP contribution is -2.24. The Hall–Kier alpha value is -2.04. The van der Waals surface area contributed by atoms with E-state index in [0.29, 0.717) is 5.56 Å². The van der Waals surface area contributed by atoms with Crippen molar-refractivity contribution in [1.29, 1.82) is 0 Å². The van der Waals surface area contributed by atoms with Gasteiger partial charge in [0.1, 0.15) is 6.61 Å². The molecule has 1 rings (SSSR count). The van der Waals surface area contributed by atoms with Crippen LogP contribution in [0.15, 0.2) is 18.2 Å². The van der Waals surface area contributed by atoms with Crippen LogP contribution in [0, 0.1) is 18.8 Å². The van der Waals surface area contributed by atoms with Gasteiger partial charge in [0.05, 0.1) is 12.8 Å². The Bertz CT molecular complexity index is 655. The maximum atomic E-state index is 11.8. The number of benzene rings is 1. The zero-order valence-electron chi connectivity index (χ0n) is 11.1. The van der Waals surface area contributed by atoms with Crippen LogP contribution in [-0.2, 0) is 19.6 Å². The second-order valence-electron chi connectivity index (χ2n) is 3.95. The Morgan fingerprint density at radius 1 is 1.45 bits per heavy atom. The third kappa shape index (κ3) is 4.91. The summed E-state index contributed by atoms with van der Waals surface area (Å²) < 4.78 is 30.1. The van der Waals surface area contributed by atoms with E-state index in [0.717, 1.165) is 12.7 Å². The third-order valence-corrected chi connectivity index (χ3v) is 3.42. The Morgan fingerprint density at radius 2 is 2.15 bits per heavy atom. The van der Waals surface area contributed by atoms with Crippen LogP contribution in [0.4, 0.5) is 5.69 Å². The molecule has 0 radical (unpaired) electrons. The van der Waals surface area contributed by atoms with Crippen LogP contribution < -0.4 is 4.72 Å². The van der Waals surface area contributed by atoms with E-state index >= 15 is 0 Å². The van der Waals surface area contributed by atoms with Gasteiger partial charge in [0, 0.05) is 5.56 Å². The average Bonchev–Trinajstić information content (AvgIpc) is 2.38. The number of esters is 1. The first-order valence-corrected chi connectivity index (χ1v) is 7.31. The standard InChI is InChI=1S/C13H15NO5S/c1-10-5-6-12(11(8-10)4-3-7-15)14-20(17,18)9-13(16)19-2/h5-6,8,14-15H,7,9H2,1-2H3. The maximum absolute atomic E-state index is 11.8. The number of anilines is 1. The first kappa shape index (κ1) is 16.0. The lowest BCUT2D eigenvalue weighted by atomic mass is 10.1. The summed E-state index contributed by atoms with van der Waals surface area (Å²) in [5.41, 5.74) is 1.57. The number of sulfonamides is 1. The molecule has 0 heterocycles. The molecule has 1 aromatic rings. The number of rotatable bonds is 4. The molecule has 20 heavy (non-hydrogen) atoms. The molecular weight excluding hydrogens is 282 g/mol. The van der Waals surface area contributed by atoms with E-state index in [-0.39, 0.29) is 12.3 Å². The van der Waals surface area contributed by atoms with Gasteiger partial charge in [-0.25, -0.2) is 8.42 Å². The summed E-state index contributed by atoms with van der Waals surface area (Å²) in [6.07, 6.45) is 0. The van der Waals surface area contributed by atoms with Gasteiger partial charge in [-0.1, -0.05) is 17.9 Å². The van der Waals surface area contributed by atoms with Crippen LogP contribution in [0.1, 0.15) is 11.1 Å². The lowest BCUT2D eigenvalue weighted by Gasteiger charge is -2.09. The van der Waals surface area contributed by atoms with Crippen LogP contribution in [0.2, 0.25) is 0 Å². The van der Waals surface area contributed by atoms with Crippen LogP contribution in [0.3, 0.4) is 0 Å². The number of aryl methyl sites for hydroxylation is 1. The number of carbonyl (C=O) groups excluding carboxylic acids is 1. The number of aliphatic hydroxyl groups excluding tert-OH is 1. The van der Waals surface area contributed by atoms with Gasteiger partial charge < -0.3 is 9.84 Å². The molecule has 0 aliphatic rings. The van der Waals surface area contributed by atoms with E-state index in [2.05, 4.69) is 21.3 Å². The molecular formula is C13H15NO5S. The SMILES string of the molecule is COC(=O)CS(=O)(=O)Nc1ccc(C)cc1C#CCO. The monoisotopic (exact) mass is 297 g/mol. The highest BCUT2D eigenvalue weighted by Crippen LogP contribution is 2.18. The second kappa shape index (κ2) is 6.93. The smallest absolute Gasteiger partial charge is 0.322 e. The van der Waals surface area contributed by atoms with Gasteiger partial charge in [0.2, 0.25) is 10.0 Å². The van der Waals surface area contributed by atoms with Gasteiger partial charge in [0.25, 0.3) is 0 Å². The number of methoxy groups -OCH3 is 1. The highest BCUT2D eigenvalue weighted by atomic mass is 32.2. The fraction of sp³-hybridized carbons (Fsp3) is 0.308. The number of nitrogens with one attached hydrogen (secondary N) is 1. The number of aliphatic hydroxyl groups is 1. The van der Waals surface area contributed by atoms with Gasteiger partial charge in [-0.2, -0.15) is 0 Å². The molecule has 0 fully saturated rings. The van der Waals surface area contributed by atoms with Gasteiger partial charge in [-0.3, -0.25) is 9.52 Å². The summed E-state index contributed by atoms with van der Waals surface area (Å²) in [6.45, 7) is 1.50. The molecule has 7 heteroatoms. The van der Waals surface area contributed by atoms with Crippen molar-refractivity contribution in [2.75, 3.05) is 24.2 Å². The summed E-state index contributed by atoms with van der Waals surface area (Å²) in [6, 6.07) is 4.93. The molecule has 0 aliphatic heterocycles. The Balaban J connectivity index is 3.05. The molecule has 0 unspecified atom stereocenters. The minimum Gasteiger partial charge on any atom is -0.468 e. The first-order chi connectivity index (χ1) is 9.38. The fourth-order valence-electron chi connectivity index (χ4n) is 1.40. The van der Waals surface area contributed by atoms with Crippen LogP contribution in [-0.4, -0.2) is 39.0 Å². The van der Waals surface area contributed by atoms with Crippen molar-refractivity contribution in [3.8, 4) is 11.8 Å². The van der Waals surface area contributed by atoms with E-state index in [1.807, 2.05) is 6.92 Å². The third-order valence-electron chi connectivity index (χ3n) is 2.28. The Labute approximate surface area is 117 Å². The summed E-state index contributed by atoms with van der Waals surface area (Å²) >= 11 is 0. The Morgan fingerprint density at radius 3 is 2.75 bits per heavy atom. The van der Waals surface area contributed by atoms with Crippen molar-refractivity contribution >= 4 is 21.7 Å². The predicted octanol–water partition coefficient (Wildman–Crippen LogP) is 0.254. The number of ether oxygens (including phenoxy) is 1. The Kier molecular flexibility index (Phi) is 5.55. The average molecular weight is 297 g/mol. The van der Waals surface area contributed by atoms with Crippen molar-refractivity contribution in [2.24, 2.45) is 0 Å². The molecule has 0 spiro atoms. The summed E-state index contributed by atoms with van der Waals surface area (Å²) in [7, 11) is -2.75. The van der Waals surface area contributed by atoms with Crippen LogP contribution in [0.5, 0.6) is 0 Å². The molecule has 108 valence electrons. The van der Waals surface area contributed by atoms with Gasteiger partial charge in [-0.05, 0) is 24.6 Å². The van der Waals surface area contributed by atoms with E-state index < -0.39 is 21.7 Å². The van der Waals surface area contributed by atoms with E-state index in [4.69, 9.17) is 5.11 Å². The first-order valence-electron chi connectivity index (χ1n) is 5.65. The van der Waals surface area contributed by atoms with Crippen molar-refractivity contribution in [3.05, 3.63) is 29.3 Å². The molecule has 0 saturated carbocycles. The zero-order valence-corrected chi connectivity index (χ0v) is 12.0. The number of hydrogen-bond donors (Lipinski definition) is 2. The van der Waals surface area contributed by atoms with E-state index in [1.54, 1.807) is 18.2 Å². The molecule has 2 N–H and O–H groups in total. The van der Waals surface area contributed by atoms with Crippen molar-refractivity contribution in [1.82, 2.24) is 0 Å². The van der Waals surface area contributed by atoms with Gasteiger partial charge in [0.15, 0.2) is 5.75 Å². The summed E-state index contributed by atoms with van der Waals surface area (Å²) in [4.78, 5) is 11.0. The lowest BCUT2D eigenvalue weighted by molar-refractivity contribution is -0.137. The highest BCUT2D eigenvalue weighted by Gasteiger charge is 2.18. The van der Waals surface area contributed by atoms with E-state index in [9.17, 15) is 13.2 Å². The van der Waals surface area contributed by atoms with Crippen molar-refractivity contribution < 1.29 is 23.1 Å². The van der Waals surface area contributed by atoms with Crippen molar-refractivity contribution in [2.45, 2.75) is 6.92 Å². The van der Waals surface area contributed by atoms with Crippen LogP contribution >= 0.6 is 0 Å². The van der Waals surface area contributed by atoms with Crippen LogP contribution in [0.25, 0.3) is 0 Å². The molecule has 1 aromatic carbocycles. The minimum atomic E-state index is -3.86. The molecule has 0 atom stereocenters. The zero-order chi connectivity index (χ0) is 15.2. The summed E-state index contributed by atoms with van der Waals surface area (Å²) in [5.74, 6) is 3.47. The number of carbonyl (C=O) groups is 1. The molecule has 6 nitrogen and oxygen atoms in total. The molecule has 0 amide bonds. The predicted molar refractivity (Wildman–Crippen MR) is 74.6 cm³/mol. The fourth-order valence-corrected chi connectivity index (χ4v) is 2.42. The molecule has 0 aromatic heterocycles. The largest absolute Gasteiger partial charge is 0.468 e. The maximum Gasteiger partial charge on any atom is 0.322 e. The molecule has 0 bridgehead atoms. The van der Waals surface area contributed by atoms with E-state index in [1.165, 1.54) is 0 Å². The van der Waals surface area contributed by atoms with Crippen molar-refractivity contribution in [3.63, 3.8) is 0 Å². The molecule has 0 saturated heterocycles. The second-order valence-corrected chi connectivity index (χ2v) is 5.67. The topological polar surface area (TPSA) is 92.7 Å². The quantitative estimate of drug-likeness (QED) is 0.614. The highest BCUT2D eigenvalue weighted by molar-refractivity contribution is 7.93. The molecule has 0 aliphatic carbocycles. The van der Waals surface area contributed by atoms with Gasteiger partial charge in [-0.15, -0.1) is 0 Å². The minimum absolute atomic E-state index is 0.250. The normalized spacial score (nSPS) is 10.3.